The molecule has 2 aromatic rings. The molecule has 0 spiro atoms. The molecular formula is C45H63O10P. The standard InChI is InChI=1S/C45H63O10P/c1-31(38-18-19-39-37-17-16-35-26-36(46)22-24-44(35,2)40(37)23-25-45(38,39)3)14-20-41(47)52-30-53-42(48)21-15-34(43(49)50)29-56(51,54-27-32-10-6-4-7-11-32)55-28-33-12-8-5-9-13-33/h4-13,31,34-40,46H,14-30H2,1-3H3,(H,49,50)/t31?,34?,35?,36-,37?,38?,39?,40?,44+,45-/m1/s1. The van der Waals surface area contributed by atoms with Gasteiger partial charge >= 0.3 is 25.5 Å². The van der Waals surface area contributed by atoms with Crippen LogP contribution in [0.3, 0.4) is 0 Å². The summed E-state index contributed by atoms with van der Waals surface area (Å²) in [5.74, 6) is 0.259. The molecule has 0 saturated heterocycles. The minimum absolute atomic E-state index is 0.0281. The Balaban J connectivity index is 0.930. The molecule has 4 saturated carbocycles. The summed E-state index contributed by atoms with van der Waals surface area (Å²) < 4.78 is 35.8. The van der Waals surface area contributed by atoms with Crippen LogP contribution < -0.4 is 0 Å². The lowest BCUT2D eigenvalue weighted by molar-refractivity contribution is -0.167. The van der Waals surface area contributed by atoms with E-state index in [1.807, 2.05) is 60.7 Å². The number of aliphatic hydroxyl groups is 1. The van der Waals surface area contributed by atoms with E-state index in [1.165, 1.54) is 38.5 Å². The Bertz CT molecular complexity index is 1620. The van der Waals surface area contributed by atoms with E-state index in [0.29, 0.717) is 29.6 Å². The maximum atomic E-state index is 13.9. The van der Waals surface area contributed by atoms with Crippen LogP contribution in [0.15, 0.2) is 60.7 Å². The molecule has 0 bridgehead atoms. The van der Waals surface area contributed by atoms with E-state index in [2.05, 4.69) is 20.8 Å². The number of carboxylic acid groups (broad SMARTS) is 1. The van der Waals surface area contributed by atoms with Crippen LogP contribution in [0.2, 0.25) is 0 Å². The van der Waals surface area contributed by atoms with Crippen LogP contribution in [-0.2, 0) is 50.7 Å². The van der Waals surface area contributed by atoms with E-state index in [-0.39, 0.29) is 44.0 Å². The number of esters is 2. The Labute approximate surface area is 332 Å². The molecule has 2 N–H and O–H groups in total. The average Bonchev–Trinajstić information content (AvgIpc) is 3.55. The molecule has 0 aromatic heterocycles. The first-order chi connectivity index (χ1) is 26.8. The number of ether oxygens (including phenoxy) is 2. The third-order valence-corrected chi connectivity index (χ3v) is 16.6. The topological polar surface area (TPSA) is 146 Å². The summed E-state index contributed by atoms with van der Waals surface area (Å²) in [6.45, 7) is 6.73. The van der Waals surface area contributed by atoms with Crippen LogP contribution in [0.1, 0.15) is 115 Å². The molecule has 4 aliphatic carbocycles. The maximum absolute atomic E-state index is 13.9. The molecule has 11 heteroatoms. The van der Waals surface area contributed by atoms with E-state index < -0.39 is 44.4 Å². The van der Waals surface area contributed by atoms with Gasteiger partial charge in [-0.2, -0.15) is 0 Å². The SMILES string of the molecule is CC(CCC(=O)OCOC(=O)CCC(CP(=O)(OCc1ccccc1)OCc1ccccc1)C(=O)O)C1CCC2C3CCC4C[C@H](O)CC[C@]4(C)C3CC[C@]12C. The first-order valence-electron chi connectivity index (χ1n) is 21.0. The van der Waals surface area contributed by atoms with Crippen LogP contribution >= 0.6 is 7.60 Å². The molecule has 4 fully saturated rings. The van der Waals surface area contributed by atoms with Gasteiger partial charge in [-0.15, -0.1) is 0 Å². The van der Waals surface area contributed by atoms with Gasteiger partial charge in [0.25, 0.3) is 0 Å². The highest BCUT2D eigenvalue weighted by molar-refractivity contribution is 7.53. The predicted molar refractivity (Wildman–Crippen MR) is 212 cm³/mol. The number of carbonyl (C=O) groups excluding carboxylic acids is 2. The molecule has 2 aromatic carbocycles. The summed E-state index contributed by atoms with van der Waals surface area (Å²) in [5, 5.41) is 20.4. The summed E-state index contributed by atoms with van der Waals surface area (Å²) in [6, 6.07) is 18.2. The van der Waals surface area contributed by atoms with Crippen molar-refractivity contribution in [2.24, 2.45) is 52.3 Å². The van der Waals surface area contributed by atoms with Crippen molar-refractivity contribution in [1.82, 2.24) is 0 Å². The second kappa shape index (κ2) is 18.7. The van der Waals surface area contributed by atoms with Crippen molar-refractivity contribution in [1.29, 1.82) is 0 Å². The average molecular weight is 795 g/mol. The van der Waals surface area contributed by atoms with Gasteiger partial charge in [-0.3, -0.25) is 18.9 Å². The van der Waals surface area contributed by atoms with Gasteiger partial charge in [0.15, 0.2) is 0 Å². The number of hydrogen-bond acceptors (Lipinski definition) is 9. The highest BCUT2D eigenvalue weighted by Gasteiger charge is 2.60. The predicted octanol–water partition coefficient (Wildman–Crippen LogP) is 9.57. The Hall–Kier alpha value is -3.04. The Morgan fingerprint density at radius 3 is 1.95 bits per heavy atom. The second-order valence-corrected chi connectivity index (χ2v) is 20.0. The van der Waals surface area contributed by atoms with E-state index in [1.54, 1.807) is 0 Å². The molecule has 10 nitrogen and oxygen atoms in total. The van der Waals surface area contributed by atoms with Crippen molar-refractivity contribution >= 4 is 25.5 Å². The fraction of sp³-hybridized carbons (Fsp3) is 0.667. The van der Waals surface area contributed by atoms with Gasteiger partial charge in [0, 0.05) is 12.8 Å². The molecular weight excluding hydrogens is 731 g/mol. The molecule has 6 rings (SSSR count). The molecule has 0 aliphatic heterocycles. The van der Waals surface area contributed by atoms with Gasteiger partial charge in [-0.1, -0.05) is 81.4 Å². The first kappa shape index (κ1) is 42.6. The summed E-state index contributed by atoms with van der Waals surface area (Å²) in [6.07, 6.45) is 10.6. The molecule has 0 radical (unpaired) electrons. The molecule has 0 amide bonds. The summed E-state index contributed by atoms with van der Waals surface area (Å²) in [4.78, 5) is 37.6. The number of aliphatic hydroxyl groups excluding tert-OH is 1. The Morgan fingerprint density at radius 1 is 0.768 bits per heavy atom. The smallest absolute Gasteiger partial charge is 0.332 e. The zero-order valence-electron chi connectivity index (χ0n) is 33.5. The highest BCUT2D eigenvalue weighted by Crippen LogP contribution is 2.68. The summed E-state index contributed by atoms with van der Waals surface area (Å²) >= 11 is 0. The van der Waals surface area contributed by atoms with Crippen molar-refractivity contribution in [2.75, 3.05) is 13.0 Å². The fourth-order valence-electron chi connectivity index (χ4n) is 11.6. The van der Waals surface area contributed by atoms with Crippen molar-refractivity contribution in [3.8, 4) is 0 Å². The summed E-state index contributed by atoms with van der Waals surface area (Å²) in [5.41, 5.74) is 2.15. The van der Waals surface area contributed by atoms with Gasteiger partial charge in [-0.25, -0.2) is 0 Å². The Morgan fingerprint density at radius 2 is 1.34 bits per heavy atom. The van der Waals surface area contributed by atoms with Crippen molar-refractivity contribution in [3.63, 3.8) is 0 Å². The van der Waals surface area contributed by atoms with Gasteiger partial charge in [0.2, 0.25) is 6.79 Å². The first-order valence-corrected chi connectivity index (χ1v) is 22.7. The fourth-order valence-corrected chi connectivity index (χ4v) is 13.4. The van der Waals surface area contributed by atoms with Gasteiger partial charge < -0.3 is 28.7 Å². The van der Waals surface area contributed by atoms with E-state index in [9.17, 15) is 29.2 Å². The zero-order valence-corrected chi connectivity index (χ0v) is 34.4. The molecule has 56 heavy (non-hydrogen) atoms. The number of fused-ring (bicyclic) bond motifs is 5. The second-order valence-electron chi connectivity index (χ2n) is 17.9. The third kappa shape index (κ3) is 10.1. The zero-order chi connectivity index (χ0) is 39.9. The van der Waals surface area contributed by atoms with Crippen LogP contribution in [0, 0.1) is 52.3 Å². The number of carboxylic acids is 1. The largest absolute Gasteiger partial charge is 0.481 e. The van der Waals surface area contributed by atoms with E-state index in [0.717, 1.165) is 48.1 Å². The van der Waals surface area contributed by atoms with Gasteiger partial charge in [0.05, 0.1) is 31.4 Å². The normalized spacial score (nSPS) is 30.9. The molecule has 10 atom stereocenters. The summed E-state index contributed by atoms with van der Waals surface area (Å²) in [7, 11) is -3.92. The van der Waals surface area contributed by atoms with Crippen molar-refractivity contribution in [3.05, 3.63) is 71.8 Å². The van der Waals surface area contributed by atoms with Crippen molar-refractivity contribution in [2.45, 2.75) is 124 Å². The van der Waals surface area contributed by atoms with Crippen LogP contribution in [-0.4, -0.2) is 47.2 Å². The van der Waals surface area contributed by atoms with E-state index in [4.69, 9.17) is 18.5 Å². The third-order valence-electron chi connectivity index (χ3n) is 14.7. The lowest BCUT2D eigenvalue weighted by Gasteiger charge is -2.61. The highest BCUT2D eigenvalue weighted by atomic mass is 31.2. The Kier molecular flexibility index (Phi) is 14.2. The number of aliphatic carboxylic acids is 1. The monoisotopic (exact) mass is 794 g/mol. The van der Waals surface area contributed by atoms with Gasteiger partial charge in [0.1, 0.15) is 0 Å². The molecule has 4 aliphatic rings. The molecule has 7 unspecified atom stereocenters. The molecule has 308 valence electrons. The van der Waals surface area contributed by atoms with E-state index >= 15 is 0 Å². The molecule has 0 heterocycles. The quantitative estimate of drug-likeness (QED) is 0.0850. The number of hydrogen-bond donors (Lipinski definition) is 2. The lowest BCUT2D eigenvalue weighted by Crippen LogP contribution is -2.54. The lowest BCUT2D eigenvalue weighted by atomic mass is 9.44. The van der Waals surface area contributed by atoms with Crippen molar-refractivity contribution < 1.29 is 47.7 Å². The number of carbonyl (C=O) groups is 3. The van der Waals surface area contributed by atoms with Crippen LogP contribution in [0.4, 0.5) is 0 Å². The maximum Gasteiger partial charge on any atom is 0.332 e. The number of benzene rings is 2. The van der Waals surface area contributed by atoms with Crippen LogP contribution in [0.5, 0.6) is 0 Å². The van der Waals surface area contributed by atoms with Crippen LogP contribution in [0.25, 0.3) is 0 Å². The minimum atomic E-state index is -3.92. The number of rotatable bonds is 18. The minimum Gasteiger partial charge on any atom is -0.481 e. The van der Waals surface area contributed by atoms with Gasteiger partial charge in [-0.05, 0) is 128 Å².